The molecule has 1 saturated heterocycles. The number of amides is 1. The fourth-order valence-electron chi connectivity index (χ4n) is 3.97. The Morgan fingerprint density at radius 1 is 1.30 bits per heavy atom. The Bertz CT molecular complexity index is 729. The molecule has 0 bridgehead atoms. The van der Waals surface area contributed by atoms with E-state index in [0.717, 1.165) is 36.7 Å². The molecule has 3 heterocycles. The third-order valence-corrected chi connectivity index (χ3v) is 5.18. The minimum absolute atomic E-state index is 0.145. The van der Waals surface area contributed by atoms with Crippen molar-refractivity contribution in [1.82, 2.24) is 14.9 Å². The number of nitrogens with zero attached hydrogens (tertiary/aromatic N) is 2. The molecule has 122 valence electrons. The topological polar surface area (TPSA) is 58.2 Å². The molecular weight excluding hydrogens is 290 g/mol. The Kier molecular flexibility index (Phi) is 3.32. The number of cyclic esters (lactones) is 1. The molecule has 0 unspecified atom stereocenters. The van der Waals surface area contributed by atoms with Gasteiger partial charge in [-0.2, -0.15) is 0 Å². The average Bonchev–Trinajstić information content (AvgIpc) is 3.10. The molecule has 4 rings (SSSR count). The summed E-state index contributed by atoms with van der Waals surface area (Å²) in [7, 11) is 0. The first kappa shape index (κ1) is 14.5. The molecule has 5 nitrogen and oxygen atoms in total. The molecule has 1 saturated carbocycles. The average molecular weight is 313 g/mol. The molecule has 0 spiro atoms. The van der Waals surface area contributed by atoms with Gasteiger partial charge in [-0.25, -0.2) is 4.79 Å². The third kappa shape index (κ3) is 2.69. The van der Waals surface area contributed by atoms with E-state index in [1.807, 2.05) is 37.2 Å². The van der Waals surface area contributed by atoms with Crippen LogP contribution in [0.1, 0.15) is 51.0 Å². The van der Waals surface area contributed by atoms with E-state index in [1.165, 1.54) is 5.56 Å². The summed E-state index contributed by atoms with van der Waals surface area (Å²) < 4.78 is 5.44. The molecule has 1 aliphatic carbocycles. The van der Waals surface area contributed by atoms with Gasteiger partial charge in [-0.1, -0.05) is 0 Å². The summed E-state index contributed by atoms with van der Waals surface area (Å²) in [6.45, 7) is 4.67. The number of aromatic amines is 1. The van der Waals surface area contributed by atoms with E-state index >= 15 is 0 Å². The van der Waals surface area contributed by atoms with Gasteiger partial charge >= 0.3 is 6.09 Å². The van der Waals surface area contributed by atoms with Crippen LogP contribution in [0.3, 0.4) is 0 Å². The van der Waals surface area contributed by atoms with Crippen molar-refractivity contribution in [3.8, 4) is 0 Å². The quantitative estimate of drug-likeness (QED) is 0.917. The molecule has 2 aromatic rings. The molecule has 0 aromatic carbocycles. The zero-order chi connectivity index (χ0) is 16.0. The van der Waals surface area contributed by atoms with E-state index in [4.69, 9.17) is 4.74 Å². The SMILES string of the molecule is CC1(C)CN(C2CCC(c3cnc4cc[nH]c4c3)CC2)C(=O)O1. The Morgan fingerprint density at radius 3 is 2.78 bits per heavy atom. The summed E-state index contributed by atoms with van der Waals surface area (Å²) in [5, 5.41) is 0. The van der Waals surface area contributed by atoms with Crippen LogP contribution in [0.4, 0.5) is 4.79 Å². The predicted octanol–water partition coefficient (Wildman–Crippen LogP) is 3.82. The van der Waals surface area contributed by atoms with Crippen molar-refractivity contribution >= 4 is 17.1 Å². The van der Waals surface area contributed by atoms with Crippen LogP contribution in [0.2, 0.25) is 0 Å². The lowest BCUT2D eigenvalue weighted by atomic mass is 9.81. The molecule has 0 atom stereocenters. The standard InChI is InChI=1S/C18H23N3O2/c1-18(2)11-21(17(22)23-18)14-5-3-12(4-6-14)13-9-16-15(20-10-13)7-8-19-16/h7-10,12,14,19H,3-6,11H2,1-2H3. The highest BCUT2D eigenvalue weighted by molar-refractivity contribution is 5.75. The largest absolute Gasteiger partial charge is 0.441 e. The molecular formula is C18H23N3O2. The number of nitrogens with one attached hydrogen (secondary N) is 1. The number of ether oxygens (including phenoxy) is 1. The highest BCUT2D eigenvalue weighted by Gasteiger charge is 2.41. The van der Waals surface area contributed by atoms with Crippen molar-refractivity contribution in [1.29, 1.82) is 0 Å². The molecule has 5 heteroatoms. The number of H-pyrrole nitrogens is 1. The molecule has 1 amide bonds. The van der Waals surface area contributed by atoms with E-state index < -0.39 is 0 Å². The summed E-state index contributed by atoms with van der Waals surface area (Å²) in [4.78, 5) is 21.7. The number of hydrogen-bond acceptors (Lipinski definition) is 3. The van der Waals surface area contributed by atoms with Gasteiger partial charge in [0.15, 0.2) is 0 Å². The van der Waals surface area contributed by atoms with Gasteiger partial charge in [0.05, 0.1) is 17.6 Å². The maximum Gasteiger partial charge on any atom is 0.410 e. The number of fused-ring (bicyclic) bond motifs is 1. The van der Waals surface area contributed by atoms with Gasteiger partial charge in [0.1, 0.15) is 5.60 Å². The van der Waals surface area contributed by atoms with E-state index in [2.05, 4.69) is 16.0 Å². The van der Waals surface area contributed by atoms with Gasteiger partial charge in [0.25, 0.3) is 0 Å². The predicted molar refractivity (Wildman–Crippen MR) is 88.4 cm³/mol. The molecule has 1 N–H and O–H groups in total. The van der Waals surface area contributed by atoms with Gasteiger partial charge < -0.3 is 14.6 Å². The molecule has 2 aliphatic rings. The molecule has 2 fully saturated rings. The zero-order valence-corrected chi connectivity index (χ0v) is 13.7. The number of rotatable bonds is 2. The summed E-state index contributed by atoms with van der Waals surface area (Å²) >= 11 is 0. The van der Waals surface area contributed by atoms with Crippen molar-refractivity contribution in [3.63, 3.8) is 0 Å². The number of carbonyl (C=O) groups excluding carboxylic acids is 1. The minimum atomic E-state index is -0.351. The van der Waals surface area contributed by atoms with Crippen LogP contribution in [0.25, 0.3) is 11.0 Å². The van der Waals surface area contributed by atoms with Crippen LogP contribution >= 0.6 is 0 Å². The molecule has 23 heavy (non-hydrogen) atoms. The lowest BCUT2D eigenvalue weighted by Gasteiger charge is -2.33. The van der Waals surface area contributed by atoms with Crippen LogP contribution in [-0.2, 0) is 4.74 Å². The summed E-state index contributed by atoms with van der Waals surface area (Å²) in [5.74, 6) is 0.540. The maximum atomic E-state index is 12.0. The number of aromatic nitrogens is 2. The van der Waals surface area contributed by atoms with E-state index in [9.17, 15) is 4.79 Å². The van der Waals surface area contributed by atoms with Crippen molar-refractivity contribution in [2.24, 2.45) is 0 Å². The lowest BCUT2D eigenvalue weighted by Crippen LogP contribution is -2.39. The second-order valence-electron chi connectivity index (χ2n) is 7.44. The first-order chi connectivity index (χ1) is 11.0. The second kappa shape index (κ2) is 5.25. The van der Waals surface area contributed by atoms with Crippen molar-refractivity contribution in [2.75, 3.05) is 6.54 Å². The van der Waals surface area contributed by atoms with Gasteiger partial charge in [0, 0.05) is 18.4 Å². The van der Waals surface area contributed by atoms with Gasteiger partial charge in [-0.3, -0.25) is 4.98 Å². The Labute approximate surface area is 136 Å². The summed E-state index contributed by atoms with van der Waals surface area (Å²) in [5.41, 5.74) is 3.08. The van der Waals surface area contributed by atoms with Crippen molar-refractivity contribution in [3.05, 3.63) is 30.1 Å². The molecule has 2 aromatic heterocycles. The first-order valence-corrected chi connectivity index (χ1v) is 8.44. The Balaban J connectivity index is 1.43. The fraction of sp³-hybridized carbons (Fsp3) is 0.556. The summed E-state index contributed by atoms with van der Waals surface area (Å²) in [6, 6.07) is 4.54. The van der Waals surface area contributed by atoms with E-state index in [1.54, 1.807) is 0 Å². The third-order valence-electron chi connectivity index (χ3n) is 5.18. The summed E-state index contributed by atoms with van der Waals surface area (Å²) in [6.07, 6.45) is 8.07. The smallest absolute Gasteiger partial charge is 0.410 e. The van der Waals surface area contributed by atoms with Crippen LogP contribution in [-0.4, -0.2) is 39.1 Å². The highest BCUT2D eigenvalue weighted by atomic mass is 16.6. The molecule has 0 radical (unpaired) electrons. The van der Waals surface area contributed by atoms with Gasteiger partial charge in [-0.15, -0.1) is 0 Å². The van der Waals surface area contributed by atoms with Crippen molar-refractivity contribution < 1.29 is 9.53 Å². The number of hydrogen-bond donors (Lipinski definition) is 1. The Hall–Kier alpha value is -2.04. The van der Waals surface area contributed by atoms with Gasteiger partial charge in [-0.05, 0) is 63.1 Å². The first-order valence-electron chi connectivity index (χ1n) is 8.44. The van der Waals surface area contributed by atoms with Gasteiger partial charge in [0.2, 0.25) is 0 Å². The van der Waals surface area contributed by atoms with E-state index in [0.29, 0.717) is 18.5 Å². The monoisotopic (exact) mass is 313 g/mol. The van der Waals surface area contributed by atoms with Crippen molar-refractivity contribution in [2.45, 2.75) is 57.1 Å². The maximum absolute atomic E-state index is 12.0. The highest BCUT2D eigenvalue weighted by Crippen LogP contribution is 2.37. The normalized spacial score (nSPS) is 27.4. The lowest BCUT2D eigenvalue weighted by molar-refractivity contribution is 0.0848. The van der Waals surface area contributed by atoms with Crippen LogP contribution < -0.4 is 0 Å². The van der Waals surface area contributed by atoms with Crippen LogP contribution in [0, 0.1) is 0 Å². The molecule has 1 aliphatic heterocycles. The minimum Gasteiger partial charge on any atom is -0.441 e. The second-order valence-corrected chi connectivity index (χ2v) is 7.44. The Morgan fingerprint density at radius 2 is 2.09 bits per heavy atom. The number of pyridine rings is 1. The fourth-order valence-corrected chi connectivity index (χ4v) is 3.97. The number of carbonyl (C=O) groups is 1. The van der Waals surface area contributed by atoms with Crippen LogP contribution in [0.5, 0.6) is 0 Å². The van der Waals surface area contributed by atoms with Crippen LogP contribution in [0.15, 0.2) is 24.5 Å². The van der Waals surface area contributed by atoms with E-state index in [-0.39, 0.29) is 11.7 Å². The zero-order valence-electron chi connectivity index (χ0n) is 13.7.